The lowest BCUT2D eigenvalue weighted by atomic mass is 10.0. The number of ether oxygens (including phenoxy) is 2. The number of phosphoric acid groups is 1. The van der Waals surface area contributed by atoms with Crippen molar-refractivity contribution in [2.24, 2.45) is 0 Å². The molecule has 0 fully saturated rings. The van der Waals surface area contributed by atoms with Crippen LogP contribution in [-0.4, -0.2) is 75.6 Å². The van der Waals surface area contributed by atoms with E-state index in [1.54, 1.807) is 0 Å². The maximum atomic E-state index is 12.7. The topological polar surface area (TPSA) is 91.3 Å². The zero-order chi connectivity index (χ0) is 41.3. The summed E-state index contributed by atoms with van der Waals surface area (Å²) in [6, 6.07) is 0. The molecule has 0 amide bonds. The number of likely N-dealkylation sites (N-methyl/N-ethyl adjacent to an activating group) is 1. The van der Waals surface area contributed by atoms with Crippen LogP contribution in [0.25, 0.3) is 0 Å². The molecule has 0 aliphatic heterocycles. The van der Waals surface area contributed by atoms with Gasteiger partial charge in [-0.3, -0.25) is 13.8 Å². The van der Waals surface area contributed by atoms with E-state index in [1.807, 2.05) is 21.1 Å². The number of hydrogen-bond donors (Lipinski definition) is 1. The quantitative estimate of drug-likeness (QED) is 0.0215. The van der Waals surface area contributed by atoms with Crippen molar-refractivity contribution in [3.8, 4) is 0 Å². The van der Waals surface area contributed by atoms with Crippen molar-refractivity contribution >= 4 is 13.8 Å². The van der Waals surface area contributed by atoms with Gasteiger partial charge in [0.2, 0.25) is 0 Å². The molecule has 0 saturated carbocycles. The smallest absolute Gasteiger partial charge is 0.457 e. The fourth-order valence-electron chi connectivity index (χ4n) is 6.57. The molecule has 0 bridgehead atoms. The fourth-order valence-corrected chi connectivity index (χ4v) is 7.31. The fraction of sp³-hybridized carbons (Fsp3) is 0.894. The van der Waals surface area contributed by atoms with E-state index in [0.717, 1.165) is 57.8 Å². The standard InChI is InChI=1S/C47H92NO7P/c1-6-8-10-12-14-16-18-20-22-23-24-25-26-27-29-31-33-35-37-39-42-52-44-46(45-54-56(50,51)53-43-41-48(3,4)5)55-47(49)40-38-36-34-32-30-28-21-19-17-15-13-11-9-7-2/h13,15,19,21,46H,6-12,14,16-18,20,22-45H2,1-5H3/p+1/b15-13-,21-19-. The molecule has 0 aliphatic carbocycles. The summed E-state index contributed by atoms with van der Waals surface area (Å²) in [4.78, 5) is 22.9. The van der Waals surface area contributed by atoms with E-state index >= 15 is 0 Å². The van der Waals surface area contributed by atoms with Crippen molar-refractivity contribution < 1.29 is 37.3 Å². The number of carbonyl (C=O) groups is 1. The lowest BCUT2D eigenvalue weighted by Gasteiger charge is -2.24. The Balaban J connectivity index is 4.15. The van der Waals surface area contributed by atoms with Crippen molar-refractivity contribution in [3.05, 3.63) is 24.3 Å². The second-order valence-electron chi connectivity index (χ2n) is 17.1. The van der Waals surface area contributed by atoms with Gasteiger partial charge < -0.3 is 18.9 Å². The van der Waals surface area contributed by atoms with Crippen LogP contribution in [0.15, 0.2) is 24.3 Å². The summed E-state index contributed by atoms with van der Waals surface area (Å²) in [5.41, 5.74) is 0. The SMILES string of the molecule is CCCC/C=C\C/C=C\CCCCCCCC(=O)OC(COCCCCCCCCCCCCCCCCCCCCCC)COP(=O)(O)OCC[N+](C)(C)C. The number of hydrogen-bond acceptors (Lipinski definition) is 6. The Morgan fingerprint density at radius 3 is 1.50 bits per heavy atom. The van der Waals surface area contributed by atoms with E-state index in [1.165, 1.54) is 135 Å². The molecule has 0 spiro atoms. The monoisotopic (exact) mass is 815 g/mol. The maximum Gasteiger partial charge on any atom is 0.472 e. The van der Waals surface area contributed by atoms with Crippen molar-refractivity contribution in [1.29, 1.82) is 0 Å². The molecule has 0 aromatic heterocycles. The van der Waals surface area contributed by atoms with Gasteiger partial charge in [0.15, 0.2) is 0 Å². The van der Waals surface area contributed by atoms with Crippen LogP contribution in [0.5, 0.6) is 0 Å². The van der Waals surface area contributed by atoms with Crippen molar-refractivity contribution in [1.82, 2.24) is 0 Å². The minimum atomic E-state index is -4.28. The van der Waals surface area contributed by atoms with Crippen LogP contribution >= 0.6 is 7.82 Å². The Morgan fingerprint density at radius 2 is 1.00 bits per heavy atom. The van der Waals surface area contributed by atoms with E-state index in [0.29, 0.717) is 24.1 Å². The summed E-state index contributed by atoms with van der Waals surface area (Å²) in [7, 11) is 1.67. The number of rotatable bonds is 44. The maximum absolute atomic E-state index is 12.7. The molecule has 0 aliphatic rings. The number of esters is 1. The minimum Gasteiger partial charge on any atom is -0.457 e. The largest absolute Gasteiger partial charge is 0.472 e. The van der Waals surface area contributed by atoms with Gasteiger partial charge in [-0.15, -0.1) is 0 Å². The summed E-state index contributed by atoms with van der Waals surface area (Å²) in [6.45, 7) is 5.60. The highest BCUT2D eigenvalue weighted by Crippen LogP contribution is 2.43. The Hall–Kier alpha value is -1.02. The van der Waals surface area contributed by atoms with Gasteiger partial charge in [0.25, 0.3) is 0 Å². The molecule has 56 heavy (non-hydrogen) atoms. The van der Waals surface area contributed by atoms with Crippen molar-refractivity contribution in [2.45, 2.75) is 219 Å². The molecule has 0 rings (SSSR count). The second kappa shape index (κ2) is 40.7. The molecule has 9 heteroatoms. The van der Waals surface area contributed by atoms with Gasteiger partial charge in [-0.05, 0) is 38.5 Å². The van der Waals surface area contributed by atoms with Crippen molar-refractivity contribution in [3.63, 3.8) is 0 Å². The third-order valence-electron chi connectivity index (χ3n) is 10.3. The molecule has 0 aromatic carbocycles. The first-order valence-electron chi connectivity index (χ1n) is 23.6. The third kappa shape index (κ3) is 44.1. The number of allylic oxidation sites excluding steroid dienone is 4. The molecule has 0 aromatic rings. The van der Waals surface area contributed by atoms with Crippen LogP contribution in [-0.2, 0) is 27.9 Å². The molecule has 0 saturated heterocycles. The molecule has 8 nitrogen and oxygen atoms in total. The highest BCUT2D eigenvalue weighted by atomic mass is 31.2. The van der Waals surface area contributed by atoms with Gasteiger partial charge in [-0.2, -0.15) is 0 Å². The van der Waals surface area contributed by atoms with Gasteiger partial charge in [0, 0.05) is 13.0 Å². The van der Waals surface area contributed by atoms with E-state index in [-0.39, 0.29) is 25.8 Å². The zero-order valence-electron chi connectivity index (χ0n) is 37.6. The first-order chi connectivity index (χ1) is 27.1. The van der Waals surface area contributed by atoms with Gasteiger partial charge in [-0.25, -0.2) is 4.57 Å². The van der Waals surface area contributed by atoms with Crippen LogP contribution < -0.4 is 0 Å². The number of nitrogens with zero attached hydrogens (tertiary/aromatic N) is 1. The molecular formula is C47H93NO7P+. The molecule has 0 radical (unpaired) electrons. The normalized spacial score (nSPS) is 13.9. The average Bonchev–Trinajstić information content (AvgIpc) is 3.15. The average molecular weight is 815 g/mol. The Labute approximate surface area is 347 Å². The minimum absolute atomic E-state index is 0.0877. The Kier molecular flexibility index (Phi) is 40.0. The molecule has 1 N–H and O–H groups in total. The predicted octanol–water partition coefficient (Wildman–Crippen LogP) is 14.0. The third-order valence-corrected chi connectivity index (χ3v) is 11.2. The van der Waals surface area contributed by atoms with Gasteiger partial charge >= 0.3 is 13.8 Å². The van der Waals surface area contributed by atoms with Crippen LogP contribution in [0, 0.1) is 0 Å². The number of quaternary nitrogens is 1. The van der Waals surface area contributed by atoms with Crippen LogP contribution in [0.3, 0.4) is 0 Å². The lowest BCUT2D eigenvalue weighted by Crippen LogP contribution is -2.37. The summed E-state index contributed by atoms with van der Waals surface area (Å²) in [6.07, 6.45) is 46.4. The summed E-state index contributed by atoms with van der Waals surface area (Å²) < 4.78 is 35.0. The molecule has 0 heterocycles. The predicted molar refractivity (Wildman–Crippen MR) is 238 cm³/mol. The van der Waals surface area contributed by atoms with Crippen LogP contribution in [0.4, 0.5) is 0 Å². The second-order valence-corrected chi connectivity index (χ2v) is 18.6. The molecule has 332 valence electrons. The zero-order valence-corrected chi connectivity index (χ0v) is 38.5. The summed E-state index contributed by atoms with van der Waals surface area (Å²) >= 11 is 0. The number of carbonyl (C=O) groups excluding carboxylic acids is 1. The summed E-state index contributed by atoms with van der Waals surface area (Å²) in [5, 5.41) is 0. The lowest BCUT2D eigenvalue weighted by molar-refractivity contribution is -0.870. The molecular weight excluding hydrogens is 721 g/mol. The highest BCUT2D eigenvalue weighted by molar-refractivity contribution is 7.47. The summed E-state index contributed by atoms with van der Waals surface area (Å²) in [5.74, 6) is -0.324. The van der Waals surface area contributed by atoms with E-state index in [2.05, 4.69) is 38.2 Å². The Morgan fingerprint density at radius 1 is 0.554 bits per heavy atom. The van der Waals surface area contributed by atoms with Crippen LogP contribution in [0.1, 0.15) is 213 Å². The molecule has 2 unspecified atom stereocenters. The first-order valence-corrected chi connectivity index (χ1v) is 25.1. The van der Waals surface area contributed by atoms with Gasteiger partial charge in [0.1, 0.15) is 19.3 Å². The van der Waals surface area contributed by atoms with E-state index < -0.39 is 13.9 Å². The first kappa shape index (κ1) is 55.0. The van der Waals surface area contributed by atoms with Gasteiger partial charge in [-0.1, -0.05) is 192 Å². The van der Waals surface area contributed by atoms with Crippen LogP contribution in [0.2, 0.25) is 0 Å². The van der Waals surface area contributed by atoms with Crippen molar-refractivity contribution in [2.75, 3.05) is 54.1 Å². The molecule has 2 atom stereocenters. The van der Waals surface area contributed by atoms with E-state index in [4.69, 9.17) is 18.5 Å². The number of unbranched alkanes of at least 4 members (excludes halogenated alkanes) is 26. The number of phosphoric ester groups is 1. The Bertz CT molecular complexity index is 951. The van der Waals surface area contributed by atoms with E-state index in [9.17, 15) is 14.3 Å². The highest BCUT2D eigenvalue weighted by Gasteiger charge is 2.26. The van der Waals surface area contributed by atoms with Gasteiger partial charge in [0.05, 0.1) is 34.4 Å².